The number of benzene rings is 2. The monoisotopic (exact) mass is 292 g/mol. The van der Waals surface area contributed by atoms with Crippen LogP contribution in [0.15, 0.2) is 48.5 Å². The molecular formula is C16H8N2O4. The molecular weight excluding hydrogens is 284 g/mol. The summed E-state index contributed by atoms with van der Waals surface area (Å²) < 4.78 is 0. The number of hydrogen-bond acceptors (Lipinski definition) is 4. The zero-order valence-electron chi connectivity index (χ0n) is 11.1. The Morgan fingerprint density at radius 1 is 0.455 bits per heavy atom. The minimum absolute atomic E-state index is 0.184. The molecule has 0 atom stereocenters. The lowest BCUT2D eigenvalue weighted by molar-refractivity contribution is 0.00845. The van der Waals surface area contributed by atoms with Crippen LogP contribution in [-0.4, -0.2) is 33.6 Å². The summed E-state index contributed by atoms with van der Waals surface area (Å²) in [5.74, 6) is -2.68. The summed E-state index contributed by atoms with van der Waals surface area (Å²) in [5.41, 5.74) is 0.737. The van der Waals surface area contributed by atoms with Crippen molar-refractivity contribution < 1.29 is 19.2 Å². The van der Waals surface area contributed by atoms with Crippen molar-refractivity contribution in [2.45, 2.75) is 0 Å². The number of nitrogens with zero attached hydrogens (tertiary/aromatic N) is 2. The Labute approximate surface area is 124 Å². The molecule has 0 spiro atoms. The van der Waals surface area contributed by atoms with Crippen LogP contribution in [0.4, 0.5) is 0 Å². The van der Waals surface area contributed by atoms with E-state index in [1.807, 2.05) is 0 Å². The number of carbonyl (C=O) groups is 4. The molecule has 0 saturated carbocycles. The topological polar surface area (TPSA) is 74.8 Å². The second kappa shape index (κ2) is 4.11. The van der Waals surface area contributed by atoms with Crippen molar-refractivity contribution in [1.29, 1.82) is 0 Å². The van der Waals surface area contributed by atoms with Gasteiger partial charge in [-0.3, -0.25) is 19.2 Å². The van der Waals surface area contributed by atoms with Gasteiger partial charge in [-0.1, -0.05) is 24.3 Å². The lowest BCUT2D eigenvalue weighted by Gasteiger charge is -2.23. The molecule has 0 saturated heterocycles. The van der Waals surface area contributed by atoms with E-state index in [9.17, 15) is 19.2 Å². The Morgan fingerprint density at radius 3 is 0.909 bits per heavy atom. The second-order valence-corrected chi connectivity index (χ2v) is 4.94. The molecule has 2 aliphatic rings. The van der Waals surface area contributed by atoms with Crippen molar-refractivity contribution >= 4 is 23.6 Å². The molecule has 106 valence electrons. The van der Waals surface area contributed by atoms with E-state index in [1.165, 1.54) is 24.3 Å². The highest BCUT2D eigenvalue weighted by atomic mass is 16.2. The molecule has 4 rings (SSSR count). The molecule has 0 bridgehead atoms. The van der Waals surface area contributed by atoms with Crippen molar-refractivity contribution in [1.82, 2.24) is 10.0 Å². The molecule has 2 aromatic rings. The number of rotatable bonds is 1. The van der Waals surface area contributed by atoms with E-state index in [0.717, 1.165) is 0 Å². The van der Waals surface area contributed by atoms with Crippen LogP contribution >= 0.6 is 0 Å². The molecule has 0 radical (unpaired) electrons. The Kier molecular flexibility index (Phi) is 2.33. The summed E-state index contributed by atoms with van der Waals surface area (Å²) in [6, 6.07) is 12.5. The van der Waals surface area contributed by atoms with Gasteiger partial charge in [0, 0.05) is 0 Å². The summed E-state index contributed by atoms with van der Waals surface area (Å²) in [7, 11) is 0. The first kappa shape index (κ1) is 12.5. The first-order valence-corrected chi connectivity index (χ1v) is 6.57. The molecule has 0 unspecified atom stereocenters. The van der Waals surface area contributed by atoms with E-state index in [0.29, 0.717) is 10.0 Å². The summed E-state index contributed by atoms with van der Waals surface area (Å²) >= 11 is 0. The summed E-state index contributed by atoms with van der Waals surface area (Å²) in [6.07, 6.45) is 0. The van der Waals surface area contributed by atoms with Crippen LogP contribution in [0, 0.1) is 0 Å². The van der Waals surface area contributed by atoms with E-state index in [4.69, 9.17) is 0 Å². The smallest absolute Gasteiger partial charge is 0.267 e. The summed E-state index contributed by atoms with van der Waals surface area (Å²) in [6.45, 7) is 0. The summed E-state index contributed by atoms with van der Waals surface area (Å²) in [5, 5.41) is 1.24. The third-order valence-electron chi connectivity index (χ3n) is 3.75. The maximum absolute atomic E-state index is 12.4. The van der Waals surface area contributed by atoms with Gasteiger partial charge in [-0.15, -0.1) is 0 Å². The van der Waals surface area contributed by atoms with Crippen LogP contribution in [0.1, 0.15) is 41.4 Å². The van der Waals surface area contributed by atoms with Crippen LogP contribution in [0.25, 0.3) is 0 Å². The molecule has 2 aromatic carbocycles. The quantitative estimate of drug-likeness (QED) is 0.746. The third kappa shape index (κ3) is 1.38. The van der Waals surface area contributed by atoms with E-state index in [-0.39, 0.29) is 22.3 Å². The van der Waals surface area contributed by atoms with Gasteiger partial charge in [0.05, 0.1) is 22.3 Å². The molecule has 2 aliphatic heterocycles. The van der Waals surface area contributed by atoms with Crippen LogP contribution in [0.3, 0.4) is 0 Å². The van der Waals surface area contributed by atoms with E-state index in [2.05, 4.69) is 0 Å². The minimum atomic E-state index is -0.671. The standard InChI is InChI=1S/C16H8N2O4/c19-13-9-5-1-2-6-10(9)14(20)17(13)18-15(21)11-7-3-4-8-12(11)16(18)22/h1-8H. The van der Waals surface area contributed by atoms with Crippen LogP contribution in [-0.2, 0) is 0 Å². The molecule has 4 amide bonds. The van der Waals surface area contributed by atoms with Gasteiger partial charge in [0.2, 0.25) is 0 Å². The van der Waals surface area contributed by atoms with Gasteiger partial charge >= 0.3 is 0 Å². The normalized spacial score (nSPS) is 16.4. The van der Waals surface area contributed by atoms with Crippen molar-refractivity contribution in [2.24, 2.45) is 0 Å². The van der Waals surface area contributed by atoms with Crippen LogP contribution in [0.2, 0.25) is 0 Å². The SMILES string of the molecule is O=C1c2ccccc2C(=O)N1N1C(=O)c2ccccc2C1=O. The Bertz CT molecular complexity index is 744. The number of hydrogen-bond donors (Lipinski definition) is 0. The zero-order chi connectivity index (χ0) is 15.4. The molecule has 0 aliphatic carbocycles. The van der Waals surface area contributed by atoms with Gasteiger partial charge in [-0.25, -0.2) is 0 Å². The number of amides is 4. The van der Waals surface area contributed by atoms with Crippen LogP contribution in [0.5, 0.6) is 0 Å². The average Bonchev–Trinajstić information content (AvgIpc) is 2.94. The van der Waals surface area contributed by atoms with E-state index in [1.54, 1.807) is 24.3 Å². The largest absolute Gasteiger partial charge is 0.281 e. The maximum atomic E-state index is 12.4. The van der Waals surface area contributed by atoms with E-state index < -0.39 is 23.6 Å². The number of fused-ring (bicyclic) bond motifs is 2. The average molecular weight is 292 g/mol. The minimum Gasteiger partial charge on any atom is -0.267 e. The molecule has 6 heteroatoms. The fraction of sp³-hybridized carbons (Fsp3) is 0. The highest BCUT2D eigenvalue weighted by Crippen LogP contribution is 2.30. The second-order valence-electron chi connectivity index (χ2n) is 4.94. The molecule has 0 aromatic heterocycles. The first-order valence-electron chi connectivity index (χ1n) is 6.57. The highest BCUT2D eigenvalue weighted by molar-refractivity contribution is 6.28. The van der Waals surface area contributed by atoms with Crippen LogP contribution < -0.4 is 0 Å². The van der Waals surface area contributed by atoms with Gasteiger partial charge in [-0.05, 0) is 24.3 Å². The van der Waals surface area contributed by atoms with Crippen molar-refractivity contribution in [3.05, 3.63) is 70.8 Å². The lowest BCUT2D eigenvalue weighted by atomic mass is 10.1. The van der Waals surface area contributed by atoms with Gasteiger partial charge < -0.3 is 0 Å². The predicted molar refractivity (Wildman–Crippen MR) is 73.9 cm³/mol. The number of carbonyl (C=O) groups excluding carboxylic acids is 4. The fourth-order valence-corrected chi connectivity index (χ4v) is 2.72. The van der Waals surface area contributed by atoms with Gasteiger partial charge in [0.25, 0.3) is 23.6 Å². The Morgan fingerprint density at radius 2 is 0.682 bits per heavy atom. The van der Waals surface area contributed by atoms with Gasteiger partial charge in [-0.2, -0.15) is 10.0 Å². The van der Waals surface area contributed by atoms with Crippen molar-refractivity contribution in [3.8, 4) is 0 Å². The third-order valence-corrected chi connectivity index (χ3v) is 3.75. The maximum Gasteiger partial charge on any atom is 0.281 e. The molecule has 0 fully saturated rings. The first-order chi connectivity index (χ1) is 10.6. The lowest BCUT2D eigenvalue weighted by Crippen LogP contribution is -2.49. The van der Waals surface area contributed by atoms with Crippen molar-refractivity contribution in [3.63, 3.8) is 0 Å². The number of hydrazine groups is 1. The zero-order valence-corrected chi connectivity index (χ0v) is 11.1. The predicted octanol–water partition coefficient (Wildman–Crippen LogP) is 1.49. The molecule has 0 N–H and O–H groups in total. The van der Waals surface area contributed by atoms with Crippen molar-refractivity contribution in [2.75, 3.05) is 0 Å². The highest BCUT2D eigenvalue weighted by Gasteiger charge is 2.48. The van der Waals surface area contributed by atoms with Gasteiger partial charge in [0.15, 0.2) is 0 Å². The Balaban J connectivity index is 1.83. The fourth-order valence-electron chi connectivity index (χ4n) is 2.72. The molecule has 22 heavy (non-hydrogen) atoms. The Hall–Kier alpha value is -3.28. The molecule has 2 heterocycles. The molecule has 6 nitrogen and oxygen atoms in total. The van der Waals surface area contributed by atoms with Gasteiger partial charge in [0.1, 0.15) is 0 Å². The summed E-state index contributed by atoms with van der Waals surface area (Å²) in [4.78, 5) is 49.6. The van der Waals surface area contributed by atoms with E-state index >= 15 is 0 Å². The number of imide groups is 2.